The molecular formula is C20H34O3. The molecule has 3 heteroatoms. The molecule has 0 aromatic rings. The van der Waals surface area contributed by atoms with Crippen LogP contribution < -0.4 is 0 Å². The summed E-state index contributed by atoms with van der Waals surface area (Å²) in [5.41, 5.74) is 0.852. The number of Topliss-reactive ketones (excluding diaryl/α,β-unsaturated/α-hetero) is 2. The number of allylic oxidation sites excluding steroid dienone is 1. The van der Waals surface area contributed by atoms with Crippen molar-refractivity contribution < 1.29 is 14.7 Å². The summed E-state index contributed by atoms with van der Waals surface area (Å²) in [6.45, 7) is 10.2. The molecule has 1 rings (SSSR count). The molecule has 1 aliphatic carbocycles. The Morgan fingerprint density at radius 2 is 1.74 bits per heavy atom. The summed E-state index contributed by atoms with van der Waals surface area (Å²) in [5.74, 6) is 0.801. The molecule has 0 bridgehead atoms. The van der Waals surface area contributed by atoms with Gasteiger partial charge in [0.25, 0.3) is 0 Å². The molecule has 0 saturated heterocycles. The van der Waals surface area contributed by atoms with Gasteiger partial charge in [0.1, 0.15) is 11.6 Å². The van der Waals surface area contributed by atoms with E-state index < -0.39 is 0 Å². The van der Waals surface area contributed by atoms with E-state index in [0.29, 0.717) is 18.6 Å². The highest BCUT2D eigenvalue weighted by Crippen LogP contribution is 2.54. The standard InChI is InChI=1S/C20H34O3/c1-15(11-14-21)7-10-18(23)20(5)13-6-12-19(3,4)17(20)9-8-16(2)22/h11,17,21H,6-10,12-14H2,1-5H3. The molecule has 0 heterocycles. The minimum Gasteiger partial charge on any atom is -0.392 e. The zero-order chi connectivity index (χ0) is 17.7. The molecule has 0 spiro atoms. The van der Waals surface area contributed by atoms with Crippen LogP contribution in [-0.4, -0.2) is 23.3 Å². The Bertz CT molecular complexity index is 462. The van der Waals surface area contributed by atoms with Crippen molar-refractivity contribution in [1.82, 2.24) is 0 Å². The summed E-state index contributed by atoms with van der Waals surface area (Å²) in [6, 6.07) is 0. The lowest BCUT2D eigenvalue weighted by Crippen LogP contribution is -2.47. The lowest BCUT2D eigenvalue weighted by Gasteiger charge is -2.50. The van der Waals surface area contributed by atoms with Crippen LogP contribution in [0.1, 0.15) is 79.6 Å². The van der Waals surface area contributed by atoms with Crippen LogP contribution >= 0.6 is 0 Å². The largest absolute Gasteiger partial charge is 0.392 e. The average molecular weight is 322 g/mol. The maximum Gasteiger partial charge on any atom is 0.139 e. The minimum absolute atomic E-state index is 0.0333. The van der Waals surface area contributed by atoms with Gasteiger partial charge in [-0.05, 0) is 50.9 Å². The summed E-state index contributed by atoms with van der Waals surface area (Å²) < 4.78 is 0. The summed E-state index contributed by atoms with van der Waals surface area (Å²) in [4.78, 5) is 24.4. The van der Waals surface area contributed by atoms with Crippen LogP contribution in [0.25, 0.3) is 0 Å². The zero-order valence-corrected chi connectivity index (χ0v) is 15.6. The van der Waals surface area contributed by atoms with Gasteiger partial charge in [0.2, 0.25) is 0 Å². The Morgan fingerprint density at radius 1 is 1.09 bits per heavy atom. The van der Waals surface area contributed by atoms with E-state index in [4.69, 9.17) is 5.11 Å². The van der Waals surface area contributed by atoms with E-state index in [1.165, 1.54) is 0 Å². The van der Waals surface area contributed by atoms with Gasteiger partial charge in [-0.1, -0.05) is 38.8 Å². The Hall–Kier alpha value is -0.960. The minimum atomic E-state index is -0.323. The highest BCUT2D eigenvalue weighted by Gasteiger charge is 2.49. The van der Waals surface area contributed by atoms with E-state index in [9.17, 15) is 9.59 Å². The van der Waals surface area contributed by atoms with Crippen molar-refractivity contribution in [2.24, 2.45) is 16.7 Å². The molecule has 0 aromatic carbocycles. The first-order valence-corrected chi connectivity index (χ1v) is 8.92. The SMILES string of the molecule is CC(=O)CCC1C(C)(C)CCCC1(C)C(=O)CCC(C)=CCO. The van der Waals surface area contributed by atoms with E-state index in [0.717, 1.165) is 37.7 Å². The molecular weight excluding hydrogens is 288 g/mol. The summed E-state index contributed by atoms with van der Waals surface area (Å²) in [5, 5.41) is 8.94. The lowest BCUT2D eigenvalue weighted by atomic mass is 9.53. The number of rotatable bonds is 8. The highest BCUT2D eigenvalue weighted by atomic mass is 16.2. The number of hydrogen-bond acceptors (Lipinski definition) is 3. The van der Waals surface area contributed by atoms with Crippen LogP contribution in [0.2, 0.25) is 0 Å². The third kappa shape index (κ3) is 5.27. The summed E-state index contributed by atoms with van der Waals surface area (Å²) in [6.07, 6.45) is 7.55. The molecule has 0 aromatic heterocycles. The Kier molecular flexibility index (Phi) is 7.19. The van der Waals surface area contributed by atoms with Crippen LogP contribution in [0.3, 0.4) is 0 Å². The smallest absolute Gasteiger partial charge is 0.139 e. The van der Waals surface area contributed by atoms with Gasteiger partial charge in [0.05, 0.1) is 6.61 Å². The third-order valence-electron chi connectivity index (χ3n) is 5.84. The molecule has 3 nitrogen and oxygen atoms in total. The number of carbonyl (C=O) groups is 2. The number of aliphatic hydroxyl groups excluding tert-OH is 1. The monoisotopic (exact) mass is 322 g/mol. The van der Waals surface area contributed by atoms with Crippen LogP contribution in [0, 0.1) is 16.7 Å². The molecule has 1 fully saturated rings. The van der Waals surface area contributed by atoms with Gasteiger partial charge in [-0.2, -0.15) is 0 Å². The highest BCUT2D eigenvalue weighted by molar-refractivity contribution is 5.85. The molecule has 0 radical (unpaired) electrons. The second-order valence-electron chi connectivity index (χ2n) is 8.21. The number of aliphatic hydroxyl groups is 1. The van der Waals surface area contributed by atoms with E-state index in [1.807, 2.05) is 6.92 Å². The second kappa shape index (κ2) is 8.23. The Morgan fingerprint density at radius 3 is 2.30 bits per heavy atom. The normalized spacial score (nSPS) is 27.7. The van der Waals surface area contributed by atoms with E-state index in [-0.39, 0.29) is 29.1 Å². The second-order valence-corrected chi connectivity index (χ2v) is 8.21. The van der Waals surface area contributed by atoms with Crippen LogP contribution in [-0.2, 0) is 9.59 Å². The van der Waals surface area contributed by atoms with Gasteiger partial charge in [0.15, 0.2) is 0 Å². The third-order valence-corrected chi connectivity index (χ3v) is 5.84. The maximum absolute atomic E-state index is 13.0. The van der Waals surface area contributed by atoms with Crippen molar-refractivity contribution in [3.8, 4) is 0 Å². The van der Waals surface area contributed by atoms with Crippen LogP contribution in [0.5, 0.6) is 0 Å². The first kappa shape index (κ1) is 20.1. The van der Waals surface area contributed by atoms with Crippen molar-refractivity contribution >= 4 is 11.6 Å². The topological polar surface area (TPSA) is 54.4 Å². The van der Waals surface area contributed by atoms with Gasteiger partial charge in [-0.25, -0.2) is 0 Å². The average Bonchev–Trinajstić information content (AvgIpc) is 2.43. The number of hydrogen-bond donors (Lipinski definition) is 1. The lowest BCUT2D eigenvalue weighted by molar-refractivity contribution is -0.139. The summed E-state index contributed by atoms with van der Waals surface area (Å²) >= 11 is 0. The van der Waals surface area contributed by atoms with Crippen molar-refractivity contribution in [2.75, 3.05) is 6.61 Å². The van der Waals surface area contributed by atoms with E-state index in [1.54, 1.807) is 13.0 Å². The van der Waals surface area contributed by atoms with Crippen molar-refractivity contribution in [2.45, 2.75) is 79.6 Å². The fraction of sp³-hybridized carbons (Fsp3) is 0.800. The summed E-state index contributed by atoms with van der Waals surface area (Å²) in [7, 11) is 0. The molecule has 0 aliphatic heterocycles. The van der Waals surface area contributed by atoms with Gasteiger partial charge >= 0.3 is 0 Å². The number of carbonyl (C=O) groups excluding carboxylic acids is 2. The van der Waals surface area contributed by atoms with E-state index in [2.05, 4.69) is 20.8 Å². The molecule has 1 saturated carbocycles. The van der Waals surface area contributed by atoms with Gasteiger partial charge in [-0.15, -0.1) is 0 Å². The van der Waals surface area contributed by atoms with Gasteiger partial charge in [-0.3, -0.25) is 4.79 Å². The van der Waals surface area contributed by atoms with Crippen LogP contribution in [0.4, 0.5) is 0 Å². The first-order valence-electron chi connectivity index (χ1n) is 8.92. The van der Waals surface area contributed by atoms with Crippen LogP contribution in [0.15, 0.2) is 11.6 Å². The Balaban J connectivity index is 2.89. The predicted molar refractivity (Wildman–Crippen MR) is 94.2 cm³/mol. The molecule has 1 N–H and O–H groups in total. The van der Waals surface area contributed by atoms with E-state index >= 15 is 0 Å². The molecule has 132 valence electrons. The molecule has 0 amide bonds. The maximum atomic E-state index is 13.0. The quantitative estimate of drug-likeness (QED) is 0.671. The number of ketones is 2. The first-order chi connectivity index (χ1) is 10.6. The fourth-order valence-corrected chi connectivity index (χ4v) is 4.37. The fourth-order valence-electron chi connectivity index (χ4n) is 4.37. The molecule has 2 atom stereocenters. The predicted octanol–water partition coefficient (Wildman–Crippen LogP) is 4.48. The Labute approximate surface area is 141 Å². The van der Waals surface area contributed by atoms with Crippen molar-refractivity contribution in [3.05, 3.63) is 11.6 Å². The van der Waals surface area contributed by atoms with Gasteiger partial charge < -0.3 is 9.90 Å². The molecule has 23 heavy (non-hydrogen) atoms. The van der Waals surface area contributed by atoms with Gasteiger partial charge in [0, 0.05) is 18.3 Å². The van der Waals surface area contributed by atoms with Crippen molar-refractivity contribution in [3.63, 3.8) is 0 Å². The molecule has 2 unspecified atom stereocenters. The molecule has 1 aliphatic rings. The zero-order valence-electron chi connectivity index (χ0n) is 15.6. The van der Waals surface area contributed by atoms with Crippen molar-refractivity contribution in [1.29, 1.82) is 0 Å².